The highest BCUT2D eigenvalue weighted by Crippen LogP contribution is 2.19. The zero-order chi connectivity index (χ0) is 15.8. The maximum atomic E-state index is 13.2. The zero-order valence-electron chi connectivity index (χ0n) is 12.6. The quantitative estimate of drug-likeness (QED) is 0.853. The molecule has 0 radical (unpaired) electrons. The van der Waals surface area contributed by atoms with E-state index >= 15 is 0 Å². The molecule has 0 heterocycles. The fourth-order valence-electron chi connectivity index (χ4n) is 2.27. The second kappa shape index (κ2) is 8.17. The van der Waals surface area contributed by atoms with Gasteiger partial charge in [0, 0.05) is 13.0 Å². The number of halogens is 1. The van der Waals surface area contributed by atoms with Gasteiger partial charge < -0.3 is 10.1 Å². The average molecular weight is 301 g/mol. The Morgan fingerprint density at radius 1 is 1.14 bits per heavy atom. The molecule has 1 N–H and O–H groups in total. The highest BCUT2D eigenvalue weighted by molar-refractivity contribution is 5.76. The first-order valence-corrected chi connectivity index (χ1v) is 7.32. The lowest BCUT2D eigenvalue weighted by atomic mass is 10.1. The molecule has 0 spiro atoms. The number of benzene rings is 2. The van der Waals surface area contributed by atoms with Crippen molar-refractivity contribution in [1.82, 2.24) is 5.32 Å². The normalized spacial score (nSPS) is 10.3. The SMILES string of the molecule is COc1ccc(F)cc1CCNC(=O)CCc1ccccc1. The lowest BCUT2D eigenvalue weighted by Crippen LogP contribution is -2.26. The first-order chi connectivity index (χ1) is 10.7. The van der Waals surface area contributed by atoms with Gasteiger partial charge in [0.25, 0.3) is 0 Å². The van der Waals surface area contributed by atoms with E-state index in [9.17, 15) is 9.18 Å². The smallest absolute Gasteiger partial charge is 0.220 e. The number of amides is 1. The van der Waals surface area contributed by atoms with Crippen molar-refractivity contribution in [2.45, 2.75) is 19.3 Å². The number of nitrogens with one attached hydrogen (secondary N) is 1. The molecule has 0 aromatic heterocycles. The molecule has 0 saturated heterocycles. The lowest BCUT2D eigenvalue weighted by molar-refractivity contribution is -0.121. The number of rotatable bonds is 7. The van der Waals surface area contributed by atoms with Gasteiger partial charge in [-0.1, -0.05) is 30.3 Å². The van der Waals surface area contributed by atoms with E-state index < -0.39 is 0 Å². The molecule has 0 bridgehead atoms. The Morgan fingerprint density at radius 2 is 1.91 bits per heavy atom. The molecule has 2 rings (SSSR count). The molecule has 22 heavy (non-hydrogen) atoms. The van der Waals surface area contributed by atoms with Crippen LogP contribution in [0, 0.1) is 5.82 Å². The minimum atomic E-state index is -0.300. The minimum absolute atomic E-state index is 0.000719. The summed E-state index contributed by atoms with van der Waals surface area (Å²) in [7, 11) is 1.55. The summed E-state index contributed by atoms with van der Waals surface area (Å²) in [6, 6.07) is 14.3. The third-order valence-electron chi connectivity index (χ3n) is 3.44. The maximum Gasteiger partial charge on any atom is 0.220 e. The van der Waals surface area contributed by atoms with Crippen LogP contribution in [0.5, 0.6) is 5.75 Å². The van der Waals surface area contributed by atoms with E-state index in [2.05, 4.69) is 5.32 Å². The Kier molecular flexibility index (Phi) is 5.95. The molecule has 0 aliphatic carbocycles. The lowest BCUT2D eigenvalue weighted by Gasteiger charge is -2.09. The molecule has 0 unspecified atom stereocenters. The molecule has 116 valence electrons. The zero-order valence-corrected chi connectivity index (χ0v) is 12.6. The summed E-state index contributed by atoms with van der Waals surface area (Å²) in [6.07, 6.45) is 1.71. The summed E-state index contributed by atoms with van der Waals surface area (Å²) >= 11 is 0. The number of methoxy groups -OCH3 is 1. The van der Waals surface area contributed by atoms with Crippen LogP contribution in [0.25, 0.3) is 0 Å². The van der Waals surface area contributed by atoms with Gasteiger partial charge in [-0.05, 0) is 42.2 Å². The summed E-state index contributed by atoms with van der Waals surface area (Å²) < 4.78 is 18.4. The van der Waals surface area contributed by atoms with Gasteiger partial charge in [-0.15, -0.1) is 0 Å². The molecule has 2 aromatic rings. The van der Waals surface area contributed by atoms with Gasteiger partial charge in [0.2, 0.25) is 5.91 Å². The molecule has 0 aliphatic rings. The molecule has 0 saturated carbocycles. The highest BCUT2D eigenvalue weighted by Gasteiger charge is 2.06. The molecular formula is C18H20FNO2. The predicted octanol–water partition coefficient (Wildman–Crippen LogP) is 3.13. The first-order valence-electron chi connectivity index (χ1n) is 7.32. The maximum absolute atomic E-state index is 13.2. The number of aryl methyl sites for hydroxylation is 1. The second-order valence-electron chi connectivity index (χ2n) is 5.04. The molecule has 2 aromatic carbocycles. The van der Waals surface area contributed by atoms with Crippen LogP contribution in [0.4, 0.5) is 4.39 Å². The van der Waals surface area contributed by atoms with Crippen molar-refractivity contribution in [3.8, 4) is 5.75 Å². The second-order valence-corrected chi connectivity index (χ2v) is 5.04. The Morgan fingerprint density at radius 3 is 2.64 bits per heavy atom. The van der Waals surface area contributed by atoms with Gasteiger partial charge in [-0.2, -0.15) is 0 Å². The van der Waals surface area contributed by atoms with Gasteiger partial charge in [0.15, 0.2) is 0 Å². The van der Waals surface area contributed by atoms with E-state index in [1.54, 1.807) is 13.2 Å². The third kappa shape index (κ3) is 4.88. The van der Waals surface area contributed by atoms with Gasteiger partial charge in [-0.3, -0.25) is 4.79 Å². The van der Waals surface area contributed by atoms with Crippen molar-refractivity contribution in [3.05, 3.63) is 65.5 Å². The van der Waals surface area contributed by atoms with E-state index in [0.717, 1.165) is 17.5 Å². The number of hydrogen-bond donors (Lipinski definition) is 1. The van der Waals surface area contributed by atoms with Crippen molar-refractivity contribution in [2.75, 3.05) is 13.7 Å². The number of ether oxygens (including phenoxy) is 1. The van der Waals surface area contributed by atoms with Crippen LogP contribution in [0.2, 0.25) is 0 Å². The van der Waals surface area contributed by atoms with Gasteiger partial charge >= 0.3 is 0 Å². The number of carbonyl (C=O) groups excluding carboxylic acids is 1. The molecule has 0 fully saturated rings. The minimum Gasteiger partial charge on any atom is -0.496 e. The molecule has 1 amide bonds. The van der Waals surface area contributed by atoms with Crippen LogP contribution in [0.15, 0.2) is 48.5 Å². The highest BCUT2D eigenvalue weighted by atomic mass is 19.1. The summed E-state index contributed by atoms with van der Waals surface area (Å²) in [4.78, 5) is 11.8. The van der Waals surface area contributed by atoms with Gasteiger partial charge in [-0.25, -0.2) is 4.39 Å². The summed E-state index contributed by atoms with van der Waals surface area (Å²) in [5.41, 5.74) is 1.90. The monoisotopic (exact) mass is 301 g/mol. The first kappa shape index (κ1) is 16.0. The van der Waals surface area contributed by atoms with Crippen LogP contribution in [0.1, 0.15) is 17.5 Å². The molecule has 4 heteroatoms. The summed E-state index contributed by atoms with van der Waals surface area (Å²) in [5, 5.41) is 2.86. The molecule has 3 nitrogen and oxygen atoms in total. The van der Waals surface area contributed by atoms with Crippen molar-refractivity contribution < 1.29 is 13.9 Å². The van der Waals surface area contributed by atoms with Crippen LogP contribution in [0.3, 0.4) is 0 Å². The number of carbonyl (C=O) groups is 1. The fraction of sp³-hybridized carbons (Fsp3) is 0.278. The van der Waals surface area contributed by atoms with E-state index in [1.165, 1.54) is 12.1 Å². The standard InChI is InChI=1S/C18H20FNO2/c1-22-17-9-8-16(19)13-15(17)11-12-20-18(21)10-7-14-5-3-2-4-6-14/h2-6,8-9,13H,7,10-12H2,1H3,(H,20,21). The number of hydrogen-bond acceptors (Lipinski definition) is 2. The summed E-state index contributed by atoms with van der Waals surface area (Å²) in [5.74, 6) is 0.338. The van der Waals surface area contributed by atoms with Gasteiger partial charge in [0.05, 0.1) is 7.11 Å². The van der Waals surface area contributed by atoms with Crippen molar-refractivity contribution in [3.63, 3.8) is 0 Å². The molecule has 0 aliphatic heterocycles. The van der Waals surface area contributed by atoms with E-state index in [4.69, 9.17) is 4.74 Å². The van der Waals surface area contributed by atoms with Crippen molar-refractivity contribution >= 4 is 5.91 Å². The van der Waals surface area contributed by atoms with Crippen molar-refractivity contribution in [1.29, 1.82) is 0 Å². The van der Waals surface area contributed by atoms with E-state index in [0.29, 0.717) is 25.1 Å². The third-order valence-corrected chi connectivity index (χ3v) is 3.44. The molecule has 0 atom stereocenters. The summed E-state index contributed by atoms with van der Waals surface area (Å²) in [6.45, 7) is 0.466. The Hall–Kier alpha value is -2.36. The van der Waals surface area contributed by atoms with Crippen LogP contribution < -0.4 is 10.1 Å². The largest absolute Gasteiger partial charge is 0.496 e. The van der Waals surface area contributed by atoms with Crippen LogP contribution in [-0.4, -0.2) is 19.6 Å². The van der Waals surface area contributed by atoms with Crippen molar-refractivity contribution in [2.24, 2.45) is 0 Å². The molecular weight excluding hydrogens is 281 g/mol. The predicted molar refractivity (Wildman–Crippen MR) is 84.4 cm³/mol. The fourth-order valence-corrected chi connectivity index (χ4v) is 2.27. The van der Waals surface area contributed by atoms with Crippen LogP contribution >= 0.6 is 0 Å². The van der Waals surface area contributed by atoms with E-state index in [1.807, 2.05) is 30.3 Å². The van der Waals surface area contributed by atoms with Gasteiger partial charge in [0.1, 0.15) is 11.6 Å². The average Bonchev–Trinajstić information content (AvgIpc) is 2.54. The Labute approximate surface area is 130 Å². The van der Waals surface area contributed by atoms with Crippen LogP contribution in [-0.2, 0) is 17.6 Å². The Balaban J connectivity index is 1.76. The van der Waals surface area contributed by atoms with E-state index in [-0.39, 0.29) is 11.7 Å². The Bertz CT molecular complexity index is 614. The topological polar surface area (TPSA) is 38.3 Å².